The van der Waals surface area contributed by atoms with Crippen LogP contribution in [-0.4, -0.2) is 57.0 Å². The molecular weight excluding hydrogens is 298 g/mol. The Morgan fingerprint density at radius 3 is 2.91 bits per heavy atom. The van der Waals surface area contributed by atoms with Crippen molar-refractivity contribution in [2.75, 3.05) is 19.7 Å². The van der Waals surface area contributed by atoms with Gasteiger partial charge < -0.3 is 14.5 Å². The van der Waals surface area contributed by atoms with E-state index in [1.165, 1.54) is 6.07 Å². The maximum absolute atomic E-state index is 12.4. The van der Waals surface area contributed by atoms with E-state index in [2.05, 4.69) is 10.3 Å². The van der Waals surface area contributed by atoms with Crippen molar-refractivity contribution in [3.05, 3.63) is 35.5 Å². The Bertz CT molecular complexity index is 626. The van der Waals surface area contributed by atoms with E-state index in [1.807, 2.05) is 6.92 Å². The third-order valence-electron chi connectivity index (χ3n) is 2.87. The van der Waals surface area contributed by atoms with Crippen LogP contribution in [0.15, 0.2) is 23.0 Å². The first kappa shape index (κ1) is 16.1. The van der Waals surface area contributed by atoms with Gasteiger partial charge in [-0.3, -0.25) is 9.48 Å². The van der Waals surface area contributed by atoms with Gasteiger partial charge in [0.05, 0.1) is 19.3 Å². The number of aromatic nitrogens is 3. The van der Waals surface area contributed by atoms with Crippen molar-refractivity contribution < 1.29 is 23.2 Å². The molecule has 9 heteroatoms. The standard InChI is InChI=1S/C13H16F2N4O3/c1-9-5-16-19(6-9)7-10-4-11(17-22-10)13(21)18(2-3-20)8-12(14)15/h4-6,12,20H,2-3,7-8H2,1H3. The summed E-state index contributed by atoms with van der Waals surface area (Å²) in [5, 5.41) is 16.5. The smallest absolute Gasteiger partial charge is 0.276 e. The van der Waals surface area contributed by atoms with E-state index in [0.717, 1.165) is 10.5 Å². The van der Waals surface area contributed by atoms with Crippen LogP contribution in [0.3, 0.4) is 0 Å². The number of hydrogen-bond acceptors (Lipinski definition) is 5. The molecule has 7 nitrogen and oxygen atoms in total. The van der Waals surface area contributed by atoms with Crippen LogP contribution in [-0.2, 0) is 6.54 Å². The molecule has 1 N–H and O–H groups in total. The summed E-state index contributed by atoms with van der Waals surface area (Å²) in [6, 6.07) is 1.38. The van der Waals surface area contributed by atoms with Gasteiger partial charge in [0.2, 0.25) is 0 Å². The molecule has 2 rings (SSSR count). The summed E-state index contributed by atoms with van der Waals surface area (Å²) in [5.41, 5.74) is 0.898. The van der Waals surface area contributed by atoms with Gasteiger partial charge in [0.15, 0.2) is 11.5 Å². The SMILES string of the molecule is Cc1cnn(Cc2cc(C(=O)N(CCO)CC(F)F)no2)c1. The van der Waals surface area contributed by atoms with Gasteiger partial charge in [0.25, 0.3) is 12.3 Å². The van der Waals surface area contributed by atoms with Crippen LogP contribution < -0.4 is 0 Å². The topological polar surface area (TPSA) is 84.4 Å². The molecule has 2 aromatic rings. The number of aryl methyl sites for hydroxylation is 1. The molecule has 120 valence electrons. The highest BCUT2D eigenvalue weighted by molar-refractivity contribution is 5.92. The molecular formula is C13H16F2N4O3. The van der Waals surface area contributed by atoms with Crippen LogP contribution >= 0.6 is 0 Å². The Balaban J connectivity index is 2.06. The highest BCUT2D eigenvalue weighted by Gasteiger charge is 2.22. The van der Waals surface area contributed by atoms with E-state index < -0.39 is 25.5 Å². The Morgan fingerprint density at radius 1 is 1.55 bits per heavy atom. The molecule has 1 amide bonds. The van der Waals surface area contributed by atoms with Gasteiger partial charge in [-0.1, -0.05) is 5.16 Å². The third-order valence-corrected chi connectivity index (χ3v) is 2.87. The lowest BCUT2D eigenvalue weighted by Crippen LogP contribution is -2.37. The lowest BCUT2D eigenvalue weighted by atomic mass is 10.3. The van der Waals surface area contributed by atoms with Crippen LogP contribution in [0.5, 0.6) is 0 Å². The second-order valence-corrected chi connectivity index (χ2v) is 4.76. The number of aliphatic hydroxyl groups is 1. The normalized spacial score (nSPS) is 11.1. The second-order valence-electron chi connectivity index (χ2n) is 4.76. The van der Waals surface area contributed by atoms with Gasteiger partial charge in [-0.05, 0) is 12.5 Å². The van der Waals surface area contributed by atoms with Crippen LogP contribution in [0.25, 0.3) is 0 Å². The average molecular weight is 314 g/mol. The first-order valence-corrected chi connectivity index (χ1v) is 6.62. The van der Waals surface area contributed by atoms with Crippen molar-refractivity contribution >= 4 is 5.91 Å². The molecule has 2 heterocycles. The van der Waals surface area contributed by atoms with Crippen molar-refractivity contribution in [1.29, 1.82) is 0 Å². The van der Waals surface area contributed by atoms with Crippen molar-refractivity contribution in [2.24, 2.45) is 0 Å². The summed E-state index contributed by atoms with van der Waals surface area (Å²) in [4.78, 5) is 12.9. The molecule has 2 aromatic heterocycles. The van der Waals surface area contributed by atoms with Crippen molar-refractivity contribution in [3.8, 4) is 0 Å². The zero-order valence-corrected chi connectivity index (χ0v) is 11.9. The molecule has 0 bridgehead atoms. The van der Waals surface area contributed by atoms with Gasteiger partial charge >= 0.3 is 0 Å². The molecule has 0 saturated heterocycles. The summed E-state index contributed by atoms with van der Waals surface area (Å²) in [6.07, 6.45) is 0.779. The van der Waals surface area contributed by atoms with E-state index in [4.69, 9.17) is 9.63 Å². The van der Waals surface area contributed by atoms with Crippen LogP contribution in [0.2, 0.25) is 0 Å². The zero-order valence-electron chi connectivity index (χ0n) is 11.9. The molecule has 0 saturated carbocycles. The number of alkyl halides is 2. The number of amides is 1. The third kappa shape index (κ3) is 4.10. The molecule has 22 heavy (non-hydrogen) atoms. The minimum absolute atomic E-state index is 0.0759. The fourth-order valence-corrected chi connectivity index (χ4v) is 1.93. The molecule has 0 radical (unpaired) electrons. The summed E-state index contributed by atoms with van der Waals surface area (Å²) in [6.45, 7) is 0.804. The average Bonchev–Trinajstić information content (AvgIpc) is 3.07. The number of rotatable bonds is 7. The Morgan fingerprint density at radius 2 is 2.32 bits per heavy atom. The van der Waals surface area contributed by atoms with E-state index in [0.29, 0.717) is 5.76 Å². The minimum atomic E-state index is -2.69. The number of hydrogen-bond donors (Lipinski definition) is 1. The highest BCUT2D eigenvalue weighted by atomic mass is 19.3. The number of carbonyl (C=O) groups excluding carboxylic acids is 1. The summed E-state index contributed by atoms with van der Waals surface area (Å²) in [5.74, 6) is -0.326. The molecule has 0 spiro atoms. The number of aliphatic hydroxyl groups excluding tert-OH is 1. The van der Waals surface area contributed by atoms with Crippen LogP contribution in [0.4, 0.5) is 8.78 Å². The predicted molar refractivity (Wildman–Crippen MR) is 71.6 cm³/mol. The van der Waals surface area contributed by atoms with Gasteiger partial charge in [-0.25, -0.2) is 8.78 Å². The fraction of sp³-hybridized carbons (Fsp3) is 0.462. The Labute approximate surface area is 125 Å². The molecule has 0 atom stereocenters. The molecule has 0 aliphatic carbocycles. The summed E-state index contributed by atoms with van der Waals surface area (Å²) in [7, 11) is 0. The second kappa shape index (κ2) is 7.12. The monoisotopic (exact) mass is 314 g/mol. The van der Waals surface area contributed by atoms with Crippen LogP contribution in [0.1, 0.15) is 21.8 Å². The van der Waals surface area contributed by atoms with E-state index in [-0.39, 0.29) is 18.8 Å². The quantitative estimate of drug-likeness (QED) is 0.822. The molecule has 0 fully saturated rings. The maximum Gasteiger partial charge on any atom is 0.276 e. The largest absolute Gasteiger partial charge is 0.395 e. The van der Waals surface area contributed by atoms with Gasteiger partial charge in [-0.2, -0.15) is 5.10 Å². The van der Waals surface area contributed by atoms with E-state index in [9.17, 15) is 13.6 Å². The summed E-state index contributed by atoms with van der Waals surface area (Å²) >= 11 is 0. The van der Waals surface area contributed by atoms with Crippen LogP contribution in [0, 0.1) is 6.92 Å². The molecule has 0 unspecified atom stereocenters. The molecule has 0 aromatic carbocycles. The Hall–Kier alpha value is -2.29. The van der Waals surface area contributed by atoms with E-state index in [1.54, 1.807) is 17.1 Å². The van der Waals surface area contributed by atoms with Gasteiger partial charge in [-0.15, -0.1) is 0 Å². The van der Waals surface area contributed by atoms with Crippen molar-refractivity contribution in [1.82, 2.24) is 19.8 Å². The molecule has 0 aliphatic rings. The Kier molecular flexibility index (Phi) is 5.21. The summed E-state index contributed by atoms with van der Waals surface area (Å²) < 4.78 is 31.5. The van der Waals surface area contributed by atoms with Gasteiger partial charge in [0.1, 0.15) is 6.54 Å². The highest BCUT2D eigenvalue weighted by Crippen LogP contribution is 2.10. The number of halogens is 2. The predicted octanol–water partition coefficient (Wildman–Crippen LogP) is 0.927. The fourth-order valence-electron chi connectivity index (χ4n) is 1.93. The van der Waals surface area contributed by atoms with Gasteiger partial charge in [0, 0.05) is 18.8 Å². The lowest BCUT2D eigenvalue weighted by Gasteiger charge is -2.19. The maximum atomic E-state index is 12.4. The number of nitrogens with zero attached hydrogens (tertiary/aromatic N) is 4. The lowest BCUT2D eigenvalue weighted by molar-refractivity contribution is 0.0500. The minimum Gasteiger partial charge on any atom is -0.395 e. The van der Waals surface area contributed by atoms with Crippen molar-refractivity contribution in [3.63, 3.8) is 0 Å². The first-order chi connectivity index (χ1) is 10.5. The zero-order chi connectivity index (χ0) is 16.1. The first-order valence-electron chi connectivity index (χ1n) is 6.62. The molecule has 0 aliphatic heterocycles. The number of carbonyl (C=O) groups is 1. The van der Waals surface area contributed by atoms with Crippen molar-refractivity contribution in [2.45, 2.75) is 19.9 Å². The van der Waals surface area contributed by atoms with E-state index >= 15 is 0 Å².